The van der Waals surface area contributed by atoms with Gasteiger partial charge in [0, 0.05) is 30.2 Å². The summed E-state index contributed by atoms with van der Waals surface area (Å²) >= 11 is 1.79. The number of amidine groups is 1. The van der Waals surface area contributed by atoms with Crippen LogP contribution in [0.1, 0.15) is 27.7 Å². The first-order valence-electron chi connectivity index (χ1n) is 6.89. The fourth-order valence-electron chi connectivity index (χ4n) is 2.12. The van der Waals surface area contributed by atoms with Gasteiger partial charge in [0.05, 0.1) is 5.54 Å². The zero-order valence-electron chi connectivity index (χ0n) is 12.2. The van der Waals surface area contributed by atoms with Crippen LogP contribution in [0.25, 0.3) is 0 Å². The molecule has 1 aliphatic heterocycles. The lowest BCUT2D eigenvalue weighted by molar-refractivity contribution is 0.605. The number of anilines is 2. The fraction of sp³-hybridized carbons (Fsp3) is 0.533. The molecule has 1 aliphatic rings. The second kappa shape index (κ2) is 5.87. The minimum absolute atomic E-state index is 0.0637. The largest absolute Gasteiger partial charge is 0.372 e. The number of thioether (sulfide) groups is 1. The lowest BCUT2D eigenvalue weighted by Gasteiger charge is -2.21. The summed E-state index contributed by atoms with van der Waals surface area (Å²) in [7, 11) is 0. The van der Waals surface area contributed by atoms with E-state index in [0.29, 0.717) is 0 Å². The van der Waals surface area contributed by atoms with E-state index in [1.165, 1.54) is 5.69 Å². The molecule has 0 fully saturated rings. The minimum Gasteiger partial charge on any atom is -0.372 e. The van der Waals surface area contributed by atoms with Gasteiger partial charge in [-0.25, -0.2) is 0 Å². The predicted molar refractivity (Wildman–Crippen MR) is 87.6 cm³/mol. The van der Waals surface area contributed by atoms with Gasteiger partial charge >= 0.3 is 0 Å². The smallest absolute Gasteiger partial charge is 0.161 e. The Balaban J connectivity index is 2.03. The third kappa shape index (κ3) is 3.66. The molecule has 0 amide bonds. The van der Waals surface area contributed by atoms with Gasteiger partial charge in [0.2, 0.25) is 0 Å². The molecule has 0 unspecified atom stereocenters. The van der Waals surface area contributed by atoms with Crippen molar-refractivity contribution in [3.63, 3.8) is 0 Å². The molecule has 0 saturated heterocycles. The summed E-state index contributed by atoms with van der Waals surface area (Å²) in [5.41, 5.74) is 2.45. The van der Waals surface area contributed by atoms with Crippen LogP contribution in [-0.2, 0) is 0 Å². The minimum atomic E-state index is 0.0637. The summed E-state index contributed by atoms with van der Waals surface area (Å²) in [4.78, 5) is 7.01. The van der Waals surface area contributed by atoms with Gasteiger partial charge in [0.1, 0.15) is 0 Å². The van der Waals surface area contributed by atoms with E-state index in [2.05, 4.69) is 67.2 Å². The van der Waals surface area contributed by atoms with Crippen molar-refractivity contribution >= 4 is 28.3 Å². The van der Waals surface area contributed by atoms with E-state index in [9.17, 15) is 0 Å². The summed E-state index contributed by atoms with van der Waals surface area (Å²) < 4.78 is 0. The second-order valence-corrected chi connectivity index (χ2v) is 6.33. The van der Waals surface area contributed by atoms with Crippen LogP contribution in [0.3, 0.4) is 0 Å². The van der Waals surface area contributed by atoms with Crippen LogP contribution in [0, 0.1) is 0 Å². The molecule has 0 aromatic heterocycles. The first-order chi connectivity index (χ1) is 9.04. The molecule has 0 radical (unpaired) electrons. The van der Waals surface area contributed by atoms with Crippen molar-refractivity contribution in [1.82, 2.24) is 0 Å². The molecule has 0 aliphatic carbocycles. The first-order valence-corrected chi connectivity index (χ1v) is 7.87. The van der Waals surface area contributed by atoms with Gasteiger partial charge in [-0.3, -0.25) is 4.99 Å². The standard InChI is InChI=1S/C15H23N3S/c1-5-18(6-2)13-9-7-12(8-10-13)16-14-17-15(3,4)11-19-14/h7-10H,5-6,11H2,1-4H3,(H,16,17). The lowest BCUT2D eigenvalue weighted by atomic mass is 10.1. The quantitative estimate of drug-likeness (QED) is 0.906. The topological polar surface area (TPSA) is 27.6 Å². The number of nitrogens with zero attached hydrogens (tertiary/aromatic N) is 2. The summed E-state index contributed by atoms with van der Waals surface area (Å²) in [6.07, 6.45) is 0. The molecule has 0 saturated carbocycles. The van der Waals surface area contributed by atoms with Crippen molar-refractivity contribution in [2.45, 2.75) is 33.2 Å². The van der Waals surface area contributed by atoms with Gasteiger partial charge in [-0.15, -0.1) is 0 Å². The molecular weight excluding hydrogens is 254 g/mol. The zero-order chi connectivity index (χ0) is 13.9. The highest BCUT2D eigenvalue weighted by molar-refractivity contribution is 8.14. The van der Waals surface area contributed by atoms with Crippen LogP contribution >= 0.6 is 11.8 Å². The fourth-order valence-corrected chi connectivity index (χ4v) is 3.17. The monoisotopic (exact) mass is 277 g/mol. The molecule has 0 bridgehead atoms. The average molecular weight is 277 g/mol. The molecule has 3 nitrogen and oxygen atoms in total. The molecule has 4 heteroatoms. The van der Waals surface area contributed by atoms with E-state index in [-0.39, 0.29) is 5.54 Å². The van der Waals surface area contributed by atoms with Crippen molar-refractivity contribution in [2.24, 2.45) is 4.99 Å². The third-order valence-electron chi connectivity index (χ3n) is 3.21. The molecule has 2 rings (SSSR count). The highest BCUT2D eigenvalue weighted by Gasteiger charge is 2.25. The van der Waals surface area contributed by atoms with Gasteiger partial charge < -0.3 is 10.2 Å². The predicted octanol–water partition coefficient (Wildman–Crippen LogP) is 3.83. The van der Waals surface area contributed by atoms with Crippen molar-refractivity contribution in [3.05, 3.63) is 24.3 Å². The second-order valence-electron chi connectivity index (χ2n) is 5.36. The Bertz CT molecular complexity index is 447. The van der Waals surface area contributed by atoms with Crippen molar-refractivity contribution in [1.29, 1.82) is 0 Å². The van der Waals surface area contributed by atoms with Crippen LogP contribution in [0.4, 0.5) is 11.4 Å². The Morgan fingerprint density at radius 1 is 1.21 bits per heavy atom. The summed E-state index contributed by atoms with van der Waals surface area (Å²) in [6, 6.07) is 8.59. The lowest BCUT2D eigenvalue weighted by Crippen LogP contribution is -2.21. The van der Waals surface area contributed by atoms with Crippen LogP contribution in [0.5, 0.6) is 0 Å². The average Bonchev–Trinajstić information content (AvgIpc) is 2.72. The number of nitrogens with one attached hydrogen (secondary N) is 1. The van der Waals surface area contributed by atoms with E-state index in [4.69, 9.17) is 0 Å². The molecule has 104 valence electrons. The molecule has 1 N–H and O–H groups in total. The number of benzene rings is 1. The van der Waals surface area contributed by atoms with E-state index in [0.717, 1.165) is 29.7 Å². The maximum absolute atomic E-state index is 4.66. The highest BCUT2D eigenvalue weighted by Crippen LogP contribution is 2.28. The molecular formula is C15H23N3S. The molecule has 0 atom stereocenters. The van der Waals surface area contributed by atoms with Crippen molar-refractivity contribution in [3.8, 4) is 0 Å². The molecule has 1 heterocycles. The number of hydrogen-bond acceptors (Lipinski definition) is 4. The molecule has 19 heavy (non-hydrogen) atoms. The normalized spacial score (nSPS) is 17.2. The van der Waals surface area contributed by atoms with Crippen LogP contribution in [-0.4, -0.2) is 29.5 Å². The van der Waals surface area contributed by atoms with Crippen molar-refractivity contribution in [2.75, 3.05) is 29.1 Å². The van der Waals surface area contributed by atoms with E-state index >= 15 is 0 Å². The van der Waals surface area contributed by atoms with Crippen LogP contribution in [0.15, 0.2) is 29.3 Å². The van der Waals surface area contributed by atoms with Crippen LogP contribution in [0.2, 0.25) is 0 Å². The van der Waals surface area contributed by atoms with E-state index < -0.39 is 0 Å². The van der Waals surface area contributed by atoms with Gasteiger partial charge in [0.15, 0.2) is 5.17 Å². The maximum Gasteiger partial charge on any atom is 0.161 e. The SMILES string of the molecule is CCN(CC)c1ccc(NC2=NC(C)(C)CS2)cc1. The first kappa shape index (κ1) is 14.3. The Morgan fingerprint density at radius 2 is 1.84 bits per heavy atom. The van der Waals surface area contributed by atoms with Gasteiger partial charge in [-0.2, -0.15) is 0 Å². The molecule has 1 aromatic rings. The Hall–Kier alpha value is -1.16. The number of rotatable bonds is 4. The Morgan fingerprint density at radius 3 is 2.32 bits per heavy atom. The third-order valence-corrected chi connectivity index (χ3v) is 4.53. The highest BCUT2D eigenvalue weighted by atomic mass is 32.2. The summed E-state index contributed by atoms with van der Waals surface area (Å²) in [5, 5.41) is 4.42. The van der Waals surface area contributed by atoms with Crippen molar-refractivity contribution < 1.29 is 0 Å². The number of aliphatic imine (C=N–C) groups is 1. The summed E-state index contributed by atoms with van der Waals surface area (Å²) in [6.45, 7) is 10.8. The molecule has 1 aromatic carbocycles. The van der Waals surface area contributed by atoms with E-state index in [1.54, 1.807) is 11.8 Å². The van der Waals surface area contributed by atoms with Crippen LogP contribution < -0.4 is 10.2 Å². The van der Waals surface area contributed by atoms with Gasteiger partial charge in [0.25, 0.3) is 0 Å². The number of hydrogen-bond donors (Lipinski definition) is 1. The molecule has 0 spiro atoms. The Labute approximate surface area is 120 Å². The maximum atomic E-state index is 4.66. The zero-order valence-corrected chi connectivity index (χ0v) is 13.0. The van der Waals surface area contributed by atoms with Gasteiger partial charge in [-0.05, 0) is 52.0 Å². The Kier molecular flexibility index (Phi) is 4.40. The van der Waals surface area contributed by atoms with Gasteiger partial charge in [-0.1, -0.05) is 11.8 Å². The summed E-state index contributed by atoms with van der Waals surface area (Å²) in [5.74, 6) is 1.05. The van der Waals surface area contributed by atoms with E-state index in [1.807, 2.05) is 0 Å².